The summed E-state index contributed by atoms with van der Waals surface area (Å²) in [5.41, 5.74) is 2.54. The molecule has 0 saturated heterocycles. The number of hydrogen-bond donors (Lipinski definition) is 1. The van der Waals surface area contributed by atoms with E-state index in [9.17, 15) is 9.59 Å². The fraction of sp³-hybridized carbons (Fsp3) is 0.542. The Morgan fingerprint density at radius 2 is 2.00 bits per heavy atom. The highest BCUT2D eigenvalue weighted by molar-refractivity contribution is 6.31. The molecule has 0 atom stereocenters. The van der Waals surface area contributed by atoms with E-state index in [1.807, 2.05) is 19.2 Å². The third-order valence-electron chi connectivity index (χ3n) is 6.77. The summed E-state index contributed by atoms with van der Waals surface area (Å²) in [6.07, 6.45) is 7.26. The second-order valence-electron chi connectivity index (χ2n) is 9.29. The average Bonchev–Trinajstić information content (AvgIpc) is 3.36. The summed E-state index contributed by atoms with van der Waals surface area (Å²) < 4.78 is 7.73. The lowest BCUT2D eigenvalue weighted by Crippen LogP contribution is -2.42. The van der Waals surface area contributed by atoms with E-state index in [1.54, 1.807) is 15.6 Å². The maximum absolute atomic E-state index is 13.4. The van der Waals surface area contributed by atoms with Gasteiger partial charge in [-0.1, -0.05) is 24.4 Å². The Morgan fingerprint density at radius 1 is 1.22 bits per heavy atom. The molecule has 1 aliphatic heterocycles. The van der Waals surface area contributed by atoms with Crippen molar-refractivity contribution in [2.24, 2.45) is 18.9 Å². The minimum atomic E-state index is -0.142. The van der Waals surface area contributed by atoms with E-state index in [0.717, 1.165) is 48.3 Å². The Balaban J connectivity index is 1.46. The van der Waals surface area contributed by atoms with Crippen LogP contribution in [0.2, 0.25) is 5.02 Å². The van der Waals surface area contributed by atoms with Crippen molar-refractivity contribution in [3.05, 3.63) is 28.8 Å². The van der Waals surface area contributed by atoms with Gasteiger partial charge in [0.1, 0.15) is 18.9 Å². The molecule has 0 bridgehead atoms. The molecule has 2 aliphatic carbocycles. The van der Waals surface area contributed by atoms with Gasteiger partial charge in [-0.3, -0.25) is 19.2 Å². The average molecular weight is 457 g/mol. The number of ether oxygens (including phenoxy) is 1. The zero-order valence-corrected chi connectivity index (χ0v) is 19.2. The molecule has 2 aromatic rings. The van der Waals surface area contributed by atoms with Gasteiger partial charge in [0.15, 0.2) is 5.82 Å². The molecule has 1 aromatic heterocycles. The Labute approximate surface area is 193 Å². The lowest BCUT2D eigenvalue weighted by Gasteiger charge is -2.24. The second kappa shape index (κ2) is 8.77. The van der Waals surface area contributed by atoms with Gasteiger partial charge in [0.2, 0.25) is 11.8 Å². The van der Waals surface area contributed by atoms with Crippen LogP contribution < -0.4 is 15.0 Å². The molecular weight excluding hydrogens is 428 g/mol. The number of aryl methyl sites for hydroxylation is 1. The molecule has 1 aromatic carbocycles. The van der Waals surface area contributed by atoms with Crippen molar-refractivity contribution >= 4 is 29.2 Å². The first kappa shape index (κ1) is 21.3. The maximum Gasteiger partial charge on any atom is 0.240 e. The summed E-state index contributed by atoms with van der Waals surface area (Å²) in [5.74, 6) is 2.03. The number of fused-ring (bicyclic) bond motifs is 3. The fourth-order valence-corrected chi connectivity index (χ4v) is 5.01. The topological polar surface area (TPSA) is 76.5 Å². The van der Waals surface area contributed by atoms with Crippen LogP contribution in [0.5, 0.6) is 5.75 Å². The second-order valence-corrected chi connectivity index (χ2v) is 9.72. The number of nitrogens with one attached hydrogen (secondary N) is 1. The van der Waals surface area contributed by atoms with Gasteiger partial charge >= 0.3 is 0 Å². The number of carbonyl (C=O) groups is 2. The number of carbonyl (C=O) groups excluding carboxylic acids is 2. The van der Waals surface area contributed by atoms with Crippen molar-refractivity contribution in [1.29, 1.82) is 0 Å². The minimum Gasteiger partial charge on any atom is -0.488 e. The van der Waals surface area contributed by atoms with Crippen LogP contribution in [0.25, 0.3) is 11.3 Å². The third kappa shape index (κ3) is 4.35. The maximum atomic E-state index is 13.4. The molecule has 5 rings (SSSR count). The van der Waals surface area contributed by atoms with Crippen molar-refractivity contribution in [3.63, 3.8) is 0 Å². The summed E-state index contributed by atoms with van der Waals surface area (Å²) in [4.78, 5) is 27.7. The largest absolute Gasteiger partial charge is 0.488 e. The molecule has 0 unspecified atom stereocenters. The van der Waals surface area contributed by atoms with Crippen molar-refractivity contribution < 1.29 is 14.3 Å². The highest BCUT2D eigenvalue weighted by Gasteiger charge is 2.33. The molecule has 0 spiro atoms. The Hall–Kier alpha value is -2.54. The SMILES string of the molecule is Cn1nc(N(CC(=O)NCC2CC2)C(=O)CC2CCCC2)c2c1-c1cc(Cl)ccc1OC2. The number of nitrogens with zero attached hydrogens (tertiary/aromatic N) is 3. The number of hydrogen-bond acceptors (Lipinski definition) is 4. The van der Waals surface area contributed by atoms with Crippen molar-refractivity contribution in [2.75, 3.05) is 18.0 Å². The van der Waals surface area contributed by atoms with E-state index in [1.165, 1.54) is 12.8 Å². The van der Waals surface area contributed by atoms with Crippen molar-refractivity contribution in [1.82, 2.24) is 15.1 Å². The summed E-state index contributed by atoms with van der Waals surface area (Å²) in [7, 11) is 1.85. The molecule has 2 saturated carbocycles. The highest BCUT2D eigenvalue weighted by Crippen LogP contribution is 2.42. The fourth-order valence-electron chi connectivity index (χ4n) is 4.84. The summed E-state index contributed by atoms with van der Waals surface area (Å²) >= 11 is 6.24. The van der Waals surface area contributed by atoms with Gasteiger partial charge in [-0.15, -0.1) is 0 Å². The van der Waals surface area contributed by atoms with E-state index < -0.39 is 0 Å². The molecule has 1 N–H and O–H groups in total. The standard InChI is InChI=1S/C24H29ClN4O3/c1-28-23-18-11-17(25)8-9-20(18)32-14-19(23)24(27-28)29(13-21(30)26-12-16-6-7-16)22(31)10-15-4-2-3-5-15/h8-9,11,15-16H,2-7,10,12-14H2,1H3,(H,26,30). The Kier molecular flexibility index (Phi) is 5.84. The molecule has 2 fully saturated rings. The molecule has 0 radical (unpaired) electrons. The van der Waals surface area contributed by atoms with Crippen LogP contribution >= 0.6 is 11.6 Å². The number of rotatable bonds is 7. The Bertz CT molecular complexity index is 1040. The third-order valence-corrected chi connectivity index (χ3v) is 7.01. The smallest absolute Gasteiger partial charge is 0.240 e. The van der Waals surface area contributed by atoms with Crippen molar-refractivity contribution in [2.45, 2.75) is 51.6 Å². The zero-order chi connectivity index (χ0) is 22.2. The van der Waals surface area contributed by atoms with E-state index in [2.05, 4.69) is 5.32 Å². The minimum absolute atomic E-state index is 0.0237. The van der Waals surface area contributed by atoms with E-state index in [0.29, 0.717) is 42.2 Å². The van der Waals surface area contributed by atoms with Gasteiger partial charge < -0.3 is 10.1 Å². The predicted molar refractivity (Wildman–Crippen MR) is 123 cm³/mol. The number of anilines is 1. The molecule has 3 aliphatic rings. The number of benzene rings is 1. The summed E-state index contributed by atoms with van der Waals surface area (Å²) in [6, 6.07) is 5.50. The first-order valence-electron chi connectivity index (χ1n) is 11.5. The summed E-state index contributed by atoms with van der Waals surface area (Å²) in [6.45, 7) is 0.951. The van der Waals surface area contributed by atoms with Crippen LogP contribution in [0, 0.1) is 11.8 Å². The van der Waals surface area contributed by atoms with Gasteiger partial charge in [0.25, 0.3) is 0 Å². The number of aromatic nitrogens is 2. The molecule has 7 nitrogen and oxygen atoms in total. The van der Waals surface area contributed by atoms with E-state index in [4.69, 9.17) is 21.4 Å². The van der Waals surface area contributed by atoms with Crippen LogP contribution in [-0.4, -0.2) is 34.7 Å². The van der Waals surface area contributed by atoms with Crippen molar-refractivity contribution in [3.8, 4) is 17.0 Å². The van der Waals surface area contributed by atoms with E-state index >= 15 is 0 Å². The Morgan fingerprint density at radius 3 is 2.75 bits per heavy atom. The van der Waals surface area contributed by atoms with Gasteiger partial charge in [-0.05, 0) is 55.7 Å². The first-order chi connectivity index (χ1) is 15.5. The van der Waals surface area contributed by atoms with Crippen LogP contribution in [-0.2, 0) is 23.2 Å². The monoisotopic (exact) mass is 456 g/mol. The van der Waals surface area contributed by atoms with Crippen LogP contribution in [0.1, 0.15) is 50.5 Å². The van der Waals surface area contributed by atoms with Gasteiger partial charge in [0.05, 0.1) is 11.3 Å². The molecule has 170 valence electrons. The van der Waals surface area contributed by atoms with Crippen LogP contribution in [0.15, 0.2) is 18.2 Å². The van der Waals surface area contributed by atoms with Gasteiger partial charge in [-0.2, -0.15) is 5.10 Å². The van der Waals surface area contributed by atoms with Crippen LogP contribution in [0.3, 0.4) is 0 Å². The quantitative estimate of drug-likeness (QED) is 0.681. The molecule has 8 heteroatoms. The lowest BCUT2D eigenvalue weighted by molar-refractivity contribution is -0.124. The van der Waals surface area contributed by atoms with E-state index in [-0.39, 0.29) is 18.4 Å². The normalized spacial score (nSPS) is 17.4. The van der Waals surface area contributed by atoms with Gasteiger partial charge in [-0.25, -0.2) is 0 Å². The molecular formula is C24H29ClN4O3. The summed E-state index contributed by atoms with van der Waals surface area (Å²) in [5, 5.41) is 8.29. The molecule has 2 heterocycles. The predicted octanol–water partition coefficient (Wildman–Crippen LogP) is 4.07. The van der Waals surface area contributed by atoms with Gasteiger partial charge in [0, 0.05) is 30.6 Å². The van der Waals surface area contributed by atoms with Crippen LogP contribution in [0.4, 0.5) is 5.82 Å². The number of halogens is 1. The zero-order valence-electron chi connectivity index (χ0n) is 18.4. The first-order valence-corrected chi connectivity index (χ1v) is 11.9. The molecule has 2 amide bonds. The number of amides is 2. The molecule has 32 heavy (non-hydrogen) atoms. The highest BCUT2D eigenvalue weighted by atomic mass is 35.5. The lowest BCUT2D eigenvalue weighted by atomic mass is 10.0.